The lowest BCUT2D eigenvalue weighted by molar-refractivity contribution is 0.556. The van der Waals surface area contributed by atoms with Crippen molar-refractivity contribution in [3.8, 4) is 0 Å². The second-order valence-electron chi connectivity index (χ2n) is 8.01. The largest absolute Gasteiger partial charge is 0.361 e. The Labute approximate surface area is 176 Å². The molecule has 0 atom stereocenters. The van der Waals surface area contributed by atoms with Crippen LogP contribution in [-0.4, -0.2) is 52.3 Å². The van der Waals surface area contributed by atoms with Crippen LogP contribution in [0.3, 0.4) is 0 Å². The highest BCUT2D eigenvalue weighted by atomic mass is 15.4. The van der Waals surface area contributed by atoms with Crippen LogP contribution in [0.4, 0.5) is 17.8 Å². The van der Waals surface area contributed by atoms with Gasteiger partial charge >= 0.3 is 0 Å². The number of nitrogens with one attached hydrogen (secondary N) is 2. The number of rotatable bonds is 5. The van der Waals surface area contributed by atoms with Crippen LogP contribution in [0.1, 0.15) is 44.1 Å². The number of para-hydroxylation sites is 1. The van der Waals surface area contributed by atoms with Crippen molar-refractivity contribution in [2.75, 3.05) is 41.4 Å². The van der Waals surface area contributed by atoms with E-state index in [0.717, 1.165) is 54.5 Å². The third-order valence-corrected chi connectivity index (χ3v) is 5.88. The van der Waals surface area contributed by atoms with Gasteiger partial charge in [-0.25, -0.2) is 5.43 Å². The summed E-state index contributed by atoms with van der Waals surface area (Å²) >= 11 is 0. The summed E-state index contributed by atoms with van der Waals surface area (Å²) < 4.78 is 0. The summed E-state index contributed by atoms with van der Waals surface area (Å²) in [5.74, 6) is 2.02. The van der Waals surface area contributed by atoms with Crippen molar-refractivity contribution in [3.63, 3.8) is 0 Å². The molecule has 30 heavy (non-hydrogen) atoms. The molecule has 0 unspecified atom stereocenters. The molecule has 5 rings (SSSR count). The van der Waals surface area contributed by atoms with Gasteiger partial charge in [0.15, 0.2) is 0 Å². The molecule has 156 valence electrons. The maximum absolute atomic E-state index is 4.81. The number of H-pyrrole nitrogens is 1. The van der Waals surface area contributed by atoms with Crippen LogP contribution in [0.5, 0.6) is 0 Å². The topological polar surface area (TPSA) is 85.3 Å². The number of benzene rings is 1. The number of aromatic nitrogens is 4. The molecule has 0 radical (unpaired) electrons. The zero-order chi connectivity index (χ0) is 20.2. The minimum atomic E-state index is 0.502. The highest BCUT2D eigenvalue weighted by Gasteiger charge is 2.20. The molecule has 0 amide bonds. The molecule has 3 aromatic rings. The van der Waals surface area contributed by atoms with Gasteiger partial charge < -0.3 is 14.8 Å². The Hall–Kier alpha value is -3.16. The van der Waals surface area contributed by atoms with Gasteiger partial charge in [0.25, 0.3) is 0 Å². The molecule has 4 heterocycles. The molecule has 2 aliphatic rings. The number of nitrogens with zero attached hydrogens (tertiary/aromatic N) is 6. The van der Waals surface area contributed by atoms with Gasteiger partial charge in [-0.3, -0.25) is 0 Å². The number of aromatic amines is 1. The van der Waals surface area contributed by atoms with Gasteiger partial charge in [-0.05, 0) is 44.6 Å². The fourth-order valence-corrected chi connectivity index (χ4v) is 4.23. The summed E-state index contributed by atoms with van der Waals surface area (Å²) in [4.78, 5) is 22.0. The number of fused-ring (bicyclic) bond motifs is 1. The Bertz CT molecular complexity index is 979. The quantitative estimate of drug-likeness (QED) is 0.497. The van der Waals surface area contributed by atoms with E-state index in [2.05, 4.69) is 47.4 Å². The van der Waals surface area contributed by atoms with Crippen LogP contribution in [0, 0.1) is 0 Å². The molecule has 0 aliphatic carbocycles. The number of piperidine rings is 2. The Kier molecular flexibility index (Phi) is 5.46. The minimum Gasteiger partial charge on any atom is -0.361 e. The van der Waals surface area contributed by atoms with E-state index in [1.165, 1.54) is 38.5 Å². The molecule has 2 aliphatic heterocycles. The van der Waals surface area contributed by atoms with Crippen molar-refractivity contribution < 1.29 is 0 Å². The van der Waals surface area contributed by atoms with Crippen LogP contribution in [0.2, 0.25) is 0 Å². The summed E-state index contributed by atoms with van der Waals surface area (Å²) in [5, 5.41) is 5.56. The molecule has 8 nitrogen and oxygen atoms in total. The summed E-state index contributed by atoms with van der Waals surface area (Å²) in [6.45, 7) is 4.01. The predicted octanol–water partition coefficient (Wildman–Crippen LogP) is 3.78. The molecular weight excluding hydrogens is 376 g/mol. The van der Waals surface area contributed by atoms with Crippen molar-refractivity contribution in [3.05, 3.63) is 36.0 Å². The molecule has 2 saturated heterocycles. The summed E-state index contributed by atoms with van der Waals surface area (Å²) in [6.07, 6.45) is 11.1. The fourth-order valence-electron chi connectivity index (χ4n) is 4.23. The first kappa shape index (κ1) is 18.8. The zero-order valence-corrected chi connectivity index (χ0v) is 17.2. The number of hydrogen-bond donors (Lipinski definition) is 2. The zero-order valence-electron chi connectivity index (χ0n) is 17.2. The summed E-state index contributed by atoms with van der Waals surface area (Å²) in [7, 11) is 0. The van der Waals surface area contributed by atoms with Crippen LogP contribution >= 0.6 is 0 Å². The van der Waals surface area contributed by atoms with Crippen molar-refractivity contribution in [2.24, 2.45) is 5.10 Å². The number of anilines is 3. The smallest absolute Gasteiger partial charge is 0.250 e. The number of hydrogen-bond acceptors (Lipinski definition) is 7. The van der Waals surface area contributed by atoms with E-state index in [1.54, 1.807) is 0 Å². The van der Waals surface area contributed by atoms with Crippen molar-refractivity contribution in [1.29, 1.82) is 0 Å². The lowest BCUT2D eigenvalue weighted by Gasteiger charge is -2.30. The molecule has 2 aromatic heterocycles. The van der Waals surface area contributed by atoms with Crippen LogP contribution in [0.25, 0.3) is 10.9 Å². The lowest BCUT2D eigenvalue weighted by atomic mass is 10.1. The van der Waals surface area contributed by atoms with E-state index in [4.69, 9.17) is 4.98 Å². The molecule has 2 N–H and O–H groups in total. The highest BCUT2D eigenvalue weighted by molar-refractivity contribution is 5.99. The maximum atomic E-state index is 4.81. The second-order valence-corrected chi connectivity index (χ2v) is 8.01. The first-order valence-electron chi connectivity index (χ1n) is 11.0. The molecule has 0 bridgehead atoms. The average molecular weight is 405 g/mol. The van der Waals surface area contributed by atoms with E-state index in [0.29, 0.717) is 5.95 Å². The van der Waals surface area contributed by atoms with Crippen LogP contribution in [-0.2, 0) is 0 Å². The fraction of sp³-hybridized carbons (Fsp3) is 0.455. The molecule has 0 spiro atoms. The first-order chi connectivity index (χ1) is 14.9. The Morgan fingerprint density at radius 1 is 0.833 bits per heavy atom. The third-order valence-electron chi connectivity index (χ3n) is 5.88. The SMILES string of the molecule is C(=N\Nc1nc(N2CCCCC2)nc(N2CCCCC2)n1)/c1c[nH]c2ccccc12. The van der Waals surface area contributed by atoms with Gasteiger partial charge in [-0.2, -0.15) is 20.1 Å². The third kappa shape index (κ3) is 4.08. The van der Waals surface area contributed by atoms with E-state index in [9.17, 15) is 0 Å². The lowest BCUT2D eigenvalue weighted by Crippen LogP contribution is -2.34. The summed E-state index contributed by atoms with van der Waals surface area (Å²) in [5.41, 5.74) is 5.17. The normalized spacial score (nSPS) is 17.7. The van der Waals surface area contributed by atoms with E-state index >= 15 is 0 Å². The molecule has 1 aromatic carbocycles. The Balaban J connectivity index is 1.39. The van der Waals surface area contributed by atoms with Gasteiger partial charge in [0, 0.05) is 48.8 Å². The van der Waals surface area contributed by atoms with Crippen LogP contribution < -0.4 is 15.2 Å². The Morgan fingerprint density at radius 3 is 2.13 bits per heavy atom. The summed E-state index contributed by atoms with van der Waals surface area (Å²) in [6, 6.07) is 8.19. The molecule has 8 heteroatoms. The van der Waals surface area contributed by atoms with Crippen molar-refractivity contribution in [1.82, 2.24) is 19.9 Å². The van der Waals surface area contributed by atoms with Gasteiger partial charge in [-0.1, -0.05) is 18.2 Å². The van der Waals surface area contributed by atoms with E-state index in [1.807, 2.05) is 24.5 Å². The first-order valence-corrected chi connectivity index (χ1v) is 11.0. The van der Waals surface area contributed by atoms with Gasteiger partial charge in [-0.15, -0.1) is 0 Å². The van der Waals surface area contributed by atoms with Crippen LogP contribution in [0.15, 0.2) is 35.6 Å². The second kappa shape index (κ2) is 8.69. The predicted molar refractivity (Wildman–Crippen MR) is 121 cm³/mol. The van der Waals surface area contributed by atoms with Crippen molar-refractivity contribution >= 4 is 35.0 Å². The highest BCUT2D eigenvalue weighted by Crippen LogP contribution is 2.22. The van der Waals surface area contributed by atoms with Crippen molar-refractivity contribution in [2.45, 2.75) is 38.5 Å². The van der Waals surface area contributed by atoms with E-state index in [-0.39, 0.29) is 0 Å². The minimum absolute atomic E-state index is 0.502. The van der Waals surface area contributed by atoms with Gasteiger partial charge in [0.05, 0.1) is 6.21 Å². The van der Waals surface area contributed by atoms with Gasteiger partial charge in [0.2, 0.25) is 17.8 Å². The maximum Gasteiger partial charge on any atom is 0.250 e. The number of hydrazone groups is 1. The van der Waals surface area contributed by atoms with E-state index < -0.39 is 0 Å². The van der Waals surface area contributed by atoms with Gasteiger partial charge in [0.1, 0.15) is 0 Å². The average Bonchev–Trinajstić information content (AvgIpc) is 3.23. The molecule has 2 fully saturated rings. The molecular formula is C22H28N8. The Morgan fingerprint density at radius 2 is 1.47 bits per heavy atom. The monoisotopic (exact) mass is 404 g/mol. The molecule has 0 saturated carbocycles. The standard InChI is InChI=1S/C22H28N8/c1-5-11-29(12-6-1)21-25-20(26-22(27-21)30-13-7-2-8-14-30)28-24-16-17-15-23-19-10-4-3-9-18(17)19/h3-4,9-10,15-16,23H,1-2,5-8,11-14H2,(H,25,26,27,28)/b24-16+.